The van der Waals surface area contributed by atoms with E-state index in [-0.39, 0.29) is 0 Å². The number of nitriles is 1. The second kappa shape index (κ2) is 2.64. The average Bonchev–Trinajstić information content (AvgIpc) is 2.60. The van der Waals surface area contributed by atoms with Gasteiger partial charge in [0.05, 0.1) is 18.9 Å². The lowest BCUT2D eigenvalue weighted by molar-refractivity contribution is 0.234. The minimum Gasteiger partial charge on any atom is -0.303 e. The lowest BCUT2D eigenvalue weighted by Crippen LogP contribution is -2.33. The first kappa shape index (κ1) is 8.80. The molecule has 0 saturated carbocycles. The van der Waals surface area contributed by atoms with Crippen molar-refractivity contribution >= 4 is 16.1 Å². The third-order valence-corrected chi connectivity index (χ3v) is 1.84. The van der Waals surface area contributed by atoms with E-state index in [9.17, 15) is 13.2 Å². The zero-order valence-corrected chi connectivity index (χ0v) is 7.13. The number of urea groups is 1. The van der Waals surface area contributed by atoms with Crippen LogP contribution in [0.25, 0.3) is 0 Å². The molecule has 0 aromatic heterocycles. The summed E-state index contributed by atoms with van der Waals surface area (Å²) in [6, 6.07) is 0.628. The van der Waals surface area contributed by atoms with Crippen LogP contribution in [0.5, 0.6) is 0 Å². The van der Waals surface area contributed by atoms with E-state index in [2.05, 4.69) is 0 Å². The Balaban J connectivity index is 2.49. The summed E-state index contributed by atoms with van der Waals surface area (Å²) < 4.78 is 22.8. The number of hydrogen-bond acceptors (Lipinski definition) is 4. The number of hydrogen-bond donors (Lipinski definition) is 1. The van der Waals surface area contributed by atoms with Gasteiger partial charge in [-0.1, -0.05) is 0 Å². The molecule has 1 aliphatic rings. The van der Waals surface area contributed by atoms with Crippen LogP contribution in [0.3, 0.4) is 0 Å². The topological polar surface area (TPSA) is 90.0 Å². The first-order chi connectivity index (χ1) is 5.44. The zero-order chi connectivity index (χ0) is 9.35. The van der Waals surface area contributed by atoms with Crippen LogP contribution in [0.15, 0.2) is 0 Å². The predicted octanol–water partition coefficient (Wildman–Crippen LogP) is -1.14. The van der Waals surface area contributed by atoms with E-state index in [4.69, 9.17) is 5.26 Å². The summed E-state index contributed by atoms with van der Waals surface area (Å²) in [5.74, 6) is 0. The van der Waals surface area contributed by atoms with Crippen molar-refractivity contribution in [3.8, 4) is 6.07 Å². The Kier molecular flexibility index (Phi) is 1.94. The molecular weight excluding hydrogens is 182 g/mol. The summed E-state index contributed by atoms with van der Waals surface area (Å²) in [5, 5.41) is 8.30. The van der Waals surface area contributed by atoms with Crippen LogP contribution in [0.2, 0.25) is 0 Å². The molecule has 1 rings (SSSR count). The van der Waals surface area contributed by atoms with E-state index in [0.717, 1.165) is 11.2 Å². The predicted molar refractivity (Wildman–Crippen MR) is 39.5 cm³/mol. The Morgan fingerprint density at radius 3 is 2.67 bits per heavy atom. The van der Waals surface area contributed by atoms with Gasteiger partial charge >= 0.3 is 6.03 Å². The second-order valence-electron chi connectivity index (χ2n) is 2.48. The summed E-state index contributed by atoms with van der Waals surface area (Å²) in [4.78, 5) is 12.0. The number of amides is 2. The third-order valence-electron chi connectivity index (χ3n) is 1.29. The Morgan fingerprint density at radius 2 is 2.33 bits per heavy atom. The summed E-state index contributed by atoms with van der Waals surface area (Å²) >= 11 is 0. The molecule has 1 N–H and O–H groups in total. The molecule has 0 spiro atoms. The van der Waals surface area contributed by atoms with Gasteiger partial charge in [0.2, 0.25) is 10.0 Å². The Morgan fingerprint density at radius 1 is 1.75 bits per heavy atom. The number of carbonyl (C=O) groups is 1. The molecule has 1 fully saturated rings. The highest BCUT2D eigenvalue weighted by Gasteiger charge is 2.39. The monoisotopic (exact) mass is 189 g/mol. The average molecular weight is 189 g/mol. The quantitative estimate of drug-likeness (QED) is 0.528. The van der Waals surface area contributed by atoms with Gasteiger partial charge in [-0.25, -0.2) is 17.9 Å². The normalized spacial score (nSPS) is 21.3. The molecule has 1 saturated heterocycles. The molecule has 0 radical (unpaired) electrons. The molecule has 1 heterocycles. The van der Waals surface area contributed by atoms with Crippen molar-refractivity contribution in [2.75, 3.05) is 12.8 Å². The van der Waals surface area contributed by atoms with Crippen molar-refractivity contribution in [3.05, 3.63) is 0 Å². The fourth-order valence-electron chi connectivity index (χ4n) is 0.691. The first-order valence-corrected chi connectivity index (χ1v) is 5.01. The molecule has 1 aliphatic heterocycles. The van der Waals surface area contributed by atoms with Gasteiger partial charge in [0.15, 0.2) is 0 Å². The lowest BCUT2D eigenvalue weighted by atomic mass is 10.5. The molecule has 6 nitrogen and oxygen atoms in total. The highest BCUT2D eigenvalue weighted by molar-refractivity contribution is 7.89. The second-order valence-corrected chi connectivity index (χ2v) is 4.23. The van der Waals surface area contributed by atoms with E-state index >= 15 is 0 Å². The van der Waals surface area contributed by atoms with Gasteiger partial charge in [0.1, 0.15) is 6.04 Å². The van der Waals surface area contributed by atoms with Crippen molar-refractivity contribution in [1.29, 1.82) is 5.26 Å². The Bertz CT molecular complexity index is 341. The van der Waals surface area contributed by atoms with Gasteiger partial charge in [-0.2, -0.15) is 5.26 Å². The number of nitrogens with zero attached hydrogens (tertiary/aromatic N) is 2. The minimum absolute atomic E-state index is 0.303. The van der Waals surface area contributed by atoms with Crippen LogP contribution < -0.4 is 4.72 Å². The largest absolute Gasteiger partial charge is 0.332 e. The van der Waals surface area contributed by atoms with Crippen LogP contribution in [0.4, 0.5) is 4.79 Å². The molecular formula is C5H7N3O3S. The Hall–Kier alpha value is -1.29. The highest BCUT2D eigenvalue weighted by atomic mass is 32.2. The maximum absolute atomic E-state index is 10.9. The summed E-state index contributed by atoms with van der Waals surface area (Å²) in [6.07, 6.45) is 0.885. The molecule has 1 unspecified atom stereocenters. The molecule has 66 valence electrons. The molecule has 1 atom stereocenters. The van der Waals surface area contributed by atoms with Crippen LogP contribution in [0.1, 0.15) is 0 Å². The molecule has 12 heavy (non-hydrogen) atoms. The molecule has 0 bridgehead atoms. The van der Waals surface area contributed by atoms with Crippen molar-refractivity contribution in [1.82, 2.24) is 9.62 Å². The molecule has 2 amide bonds. The molecule has 0 aromatic carbocycles. The number of sulfonamides is 1. The third kappa shape index (κ3) is 2.10. The van der Waals surface area contributed by atoms with Crippen molar-refractivity contribution in [3.63, 3.8) is 0 Å². The zero-order valence-electron chi connectivity index (χ0n) is 6.31. The summed E-state index contributed by atoms with van der Waals surface area (Å²) in [7, 11) is -3.51. The minimum atomic E-state index is -3.51. The smallest absolute Gasteiger partial charge is 0.303 e. The van der Waals surface area contributed by atoms with Gasteiger partial charge < -0.3 is 4.90 Å². The van der Waals surface area contributed by atoms with E-state index in [1.165, 1.54) is 0 Å². The summed E-state index contributed by atoms with van der Waals surface area (Å²) in [5.41, 5.74) is 0. The maximum atomic E-state index is 10.9. The van der Waals surface area contributed by atoms with Gasteiger partial charge in [0.25, 0.3) is 0 Å². The summed E-state index contributed by atoms with van der Waals surface area (Å²) in [6.45, 7) is 0.303. The number of nitrogens with one attached hydrogen (secondary N) is 1. The van der Waals surface area contributed by atoms with Crippen molar-refractivity contribution in [2.24, 2.45) is 0 Å². The van der Waals surface area contributed by atoms with Crippen LogP contribution in [-0.2, 0) is 10.0 Å². The van der Waals surface area contributed by atoms with Crippen LogP contribution >= 0.6 is 0 Å². The molecule has 7 heteroatoms. The van der Waals surface area contributed by atoms with Gasteiger partial charge in [-0.15, -0.1) is 0 Å². The first-order valence-electron chi connectivity index (χ1n) is 3.12. The highest BCUT2D eigenvalue weighted by Crippen LogP contribution is 2.15. The molecule has 0 aliphatic carbocycles. The maximum Gasteiger partial charge on any atom is 0.332 e. The van der Waals surface area contributed by atoms with E-state index < -0.39 is 22.1 Å². The van der Waals surface area contributed by atoms with Crippen LogP contribution in [0, 0.1) is 11.3 Å². The van der Waals surface area contributed by atoms with Crippen molar-refractivity contribution < 1.29 is 13.2 Å². The van der Waals surface area contributed by atoms with Gasteiger partial charge in [-0.3, -0.25) is 0 Å². The van der Waals surface area contributed by atoms with E-state index in [1.54, 1.807) is 4.72 Å². The lowest BCUT2D eigenvalue weighted by Gasteiger charge is -2.01. The molecule has 0 aromatic rings. The van der Waals surface area contributed by atoms with Gasteiger partial charge in [0, 0.05) is 0 Å². The van der Waals surface area contributed by atoms with Crippen molar-refractivity contribution in [2.45, 2.75) is 6.04 Å². The van der Waals surface area contributed by atoms with E-state index in [0.29, 0.717) is 6.54 Å². The van der Waals surface area contributed by atoms with E-state index in [1.807, 2.05) is 6.07 Å². The fourth-order valence-corrected chi connectivity index (χ4v) is 1.13. The number of carbonyl (C=O) groups excluding carboxylic acids is 1. The van der Waals surface area contributed by atoms with Gasteiger partial charge in [-0.05, 0) is 0 Å². The standard InChI is InChI=1S/C5H7N3O3S/c1-12(10,11)7-5(9)8-3-4(8)2-6/h4H,3H2,1H3,(H,7,9). The number of rotatable bonds is 1. The SMILES string of the molecule is CS(=O)(=O)NC(=O)N1CC1C#N. The Labute approximate surface area is 69.8 Å². The van der Waals surface area contributed by atoms with Crippen LogP contribution in [-0.4, -0.2) is 38.2 Å². The fraction of sp³-hybridized carbons (Fsp3) is 0.600.